The Hall–Kier alpha value is -2.85. The van der Waals surface area contributed by atoms with E-state index in [1.807, 2.05) is 42.5 Å². The van der Waals surface area contributed by atoms with Gasteiger partial charge in [0.25, 0.3) is 0 Å². The summed E-state index contributed by atoms with van der Waals surface area (Å²) >= 11 is 6.15. The second-order valence-corrected chi connectivity index (χ2v) is 9.11. The number of aromatic nitrogens is 2. The van der Waals surface area contributed by atoms with Crippen LogP contribution in [0.25, 0.3) is 11.3 Å². The van der Waals surface area contributed by atoms with Gasteiger partial charge in [-0.3, -0.25) is 9.89 Å². The maximum Gasteiger partial charge on any atom is 0.162 e. The normalized spacial score (nSPS) is 20.1. The number of benzene rings is 2. The van der Waals surface area contributed by atoms with Gasteiger partial charge in [0.2, 0.25) is 0 Å². The lowest BCUT2D eigenvalue weighted by molar-refractivity contribution is -0.118. The average molecular weight is 404 g/mol. The average Bonchev–Trinajstić information content (AvgIpc) is 3.10. The SMILES string of the molecule is CC1(C)CC(=O)C2=C(C1)Nc1n[nH]c(-c3ccccc3)c1C2c1ccc(Cl)cc1. The molecule has 5 heteroatoms. The van der Waals surface area contributed by atoms with Crippen LogP contribution in [-0.2, 0) is 4.79 Å². The minimum Gasteiger partial charge on any atom is -0.342 e. The highest BCUT2D eigenvalue weighted by Crippen LogP contribution is 2.50. The number of anilines is 1. The maximum absolute atomic E-state index is 13.3. The van der Waals surface area contributed by atoms with Crippen molar-refractivity contribution in [1.29, 1.82) is 0 Å². The molecule has 146 valence electrons. The van der Waals surface area contributed by atoms with Crippen LogP contribution in [0.2, 0.25) is 5.02 Å². The van der Waals surface area contributed by atoms with Crippen molar-refractivity contribution in [3.8, 4) is 11.3 Å². The molecule has 0 fully saturated rings. The molecule has 1 atom stereocenters. The van der Waals surface area contributed by atoms with Crippen LogP contribution in [0.5, 0.6) is 0 Å². The van der Waals surface area contributed by atoms with E-state index in [1.165, 1.54) is 0 Å². The Bertz CT molecular complexity index is 1130. The zero-order valence-corrected chi connectivity index (χ0v) is 17.2. The third-order valence-electron chi connectivity index (χ3n) is 5.84. The van der Waals surface area contributed by atoms with Gasteiger partial charge in [0.1, 0.15) is 0 Å². The molecule has 0 bridgehead atoms. The van der Waals surface area contributed by atoms with Gasteiger partial charge in [-0.25, -0.2) is 0 Å². The summed E-state index contributed by atoms with van der Waals surface area (Å²) in [4.78, 5) is 13.3. The maximum atomic E-state index is 13.3. The second-order valence-electron chi connectivity index (χ2n) is 8.67. The van der Waals surface area contributed by atoms with Crippen LogP contribution in [0.4, 0.5) is 5.82 Å². The van der Waals surface area contributed by atoms with Gasteiger partial charge in [0, 0.05) is 34.2 Å². The number of halogens is 1. The van der Waals surface area contributed by atoms with Crippen molar-refractivity contribution in [2.24, 2.45) is 5.41 Å². The molecule has 0 saturated heterocycles. The summed E-state index contributed by atoms with van der Waals surface area (Å²) < 4.78 is 0. The van der Waals surface area contributed by atoms with Gasteiger partial charge >= 0.3 is 0 Å². The van der Waals surface area contributed by atoms with Gasteiger partial charge in [-0.15, -0.1) is 0 Å². The van der Waals surface area contributed by atoms with Crippen molar-refractivity contribution in [1.82, 2.24) is 10.2 Å². The van der Waals surface area contributed by atoms with Crippen molar-refractivity contribution >= 4 is 23.2 Å². The number of Topliss-reactive ketones (excluding diaryl/α,β-unsaturated/α-hetero) is 1. The molecule has 0 spiro atoms. The summed E-state index contributed by atoms with van der Waals surface area (Å²) in [5.41, 5.74) is 5.85. The van der Waals surface area contributed by atoms with Crippen LogP contribution in [-0.4, -0.2) is 16.0 Å². The molecule has 2 aromatic carbocycles. The minimum atomic E-state index is -0.170. The molecule has 4 nitrogen and oxygen atoms in total. The molecule has 1 aromatic heterocycles. The molecule has 0 amide bonds. The largest absolute Gasteiger partial charge is 0.342 e. The van der Waals surface area contributed by atoms with Crippen molar-refractivity contribution in [3.63, 3.8) is 0 Å². The molecule has 5 rings (SSSR count). The summed E-state index contributed by atoms with van der Waals surface area (Å²) in [7, 11) is 0. The molecule has 1 aliphatic heterocycles. The number of nitrogens with one attached hydrogen (secondary N) is 2. The highest BCUT2D eigenvalue weighted by molar-refractivity contribution is 6.30. The minimum absolute atomic E-state index is 0.0659. The van der Waals surface area contributed by atoms with Gasteiger partial charge in [-0.05, 0) is 35.1 Å². The standard InChI is InChI=1S/C24H22ClN3O/c1-24(2)12-17-20(18(29)13-24)19(14-8-10-16(25)11-9-14)21-22(27-28-23(21)26-17)15-6-4-3-5-7-15/h3-11,19H,12-13H2,1-2H3,(H2,26,27,28). The van der Waals surface area contributed by atoms with Crippen molar-refractivity contribution in [2.45, 2.75) is 32.6 Å². The van der Waals surface area contributed by atoms with Crippen LogP contribution in [0.15, 0.2) is 65.9 Å². The molecule has 2 heterocycles. The van der Waals surface area contributed by atoms with Crippen LogP contribution in [0.1, 0.15) is 43.7 Å². The third kappa shape index (κ3) is 3.08. The number of allylic oxidation sites excluding steroid dienone is 2. The Labute approximate surface area is 175 Å². The number of H-pyrrole nitrogens is 1. The van der Waals surface area contributed by atoms with Gasteiger partial charge < -0.3 is 5.32 Å². The number of carbonyl (C=O) groups excluding carboxylic acids is 1. The number of hydrogen-bond acceptors (Lipinski definition) is 3. The summed E-state index contributed by atoms with van der Waals surface area (Å²) in [6, 6.07) is 17.9. The number of rotatable bonds is 2. The fourth-order valence-electron chi connectivity index (χ4n) is 4.61. The Morgan fingerprint density at radius 2 is 1.76 bits per heavy atom. The number of fused-ring (bicyclic) bond motifs is 1. The fourth-order valence-corrected chi connectivity index (χ4v) is 4.73. The van der Waals surface area contributed by atoms with Gasteiger partial charge in [-0.1, -0.05) is 67.9 Å². The molecule has 1 aliphatic carbocycles. The predicted octanol–water partition coefficient (Wildman–Crippen LogP) is 5.93. The number of ketones is 1. The van der Waals surface area contributed by atoms with E-state index in [4.69, 9.17) is 11.6 Å². The lowest BCUT2D eigenvalue weighted by Crippen LogP contribution is -2.33. The molecule has 1 unspecified atom stereocenters. The molecular weight excluding hydrogens is 382 g/mol. The van der Waals surface area contributed by atoms with Crippen molar-refractivity contribution < 1.29 is 4.79 Å². The molecule has 3 aromatic rings. The van der Waals surface area contributed by atoms with E-state index in [2.05, 4.69) is 41.5 Å². The zero-order chi connectivity index (χ0) is 20.2. The van der Waals surface area contributed by atoms with Crippen molar-refractivity contribution in [2.75, 3.05) is 5.32 Å². The first kappa shape index (κ1) is 18.2. The molecule has 29 heavy (non-hydrogen) atoms. The van der Waals surface area contributed by atoms with E-state index in [0.717, 1.165) is 45.9 Å². The van der Waals surface area contributed by atoms with Crippen LogP contribution in [0, 0.1) is 5.41 Å². The monoisotopic (exact) mass is 403 g/mol. The van der Waals surface area contributed by atoms with Gasteiger partial charge in [-0.2, -0.15) is 5.10 Å². The summed E-state index contributed by atoms with van der Waals surface area (Å²) in [5, 5.41) is 12.0. The Morgan fingerprint density at radius 3 is 2.48 bits per heavy atom. The van der Waals surface area contributed by atoms with Crippen LogP contribution in [0.3, 0.4) is 0 Å². The number of hydrogen-bond donors (Lipinski definition) is 2. The summed E-state index contributed by atoms with van der Waals surface area (Å²) in [6.45, 7) is 4.28. The Balaban J connectivity index is 1.74. The summed E-state index contributed by atoms with van der Waals surface area (Å²) in [6.07, 6.45) is 1.37. The van der Waals surface area contributed by atoms with E-state index in [-0.39, 0.29) is 17.1 Å². The Kier molecular flexibility index (Phi) is 4.14. The van der Waals surface area contributed by atoms with E-state index in [9.17, 15) is 4.79 Å². The van der Waals surface area contributed by atoms with E-state index in [0.29, 0.717) is 11.4 Å². The number of nitrogens with zero attached hydrogens (tertiary/aromatic N) is 1. The Morgan fingerprint density at radius 1 is 1.03 bits per heavy atom. The quantitative estimate of drug-likeness (QED) is 0.557. The first-order chi connectivity index (χ1) is 13.9. The van der Waals surface area contributed by atoms with Gasteiger partial charge in [0.05, 0.1) is 5.69 Å². The van der Waals surface area contributed by atoms with Crippen molar-refractivity contribution in [3.05, 3.63) is 82.0 Å². The summed E-state index contributed by atoms with van der Waals surface area (Å²) in [5.74, 6) is 0.832. The van der Waals surface area contributed by atoms with Crippen LogP contribution >= 0.6 is 11.6 Å². The second kappa shape index (κ2) is 6.60. The highest BCUT2D eigenvalue weighted by Gasteiger charge is 2.42. The van der Waals surface area contributed by atoms with Gasteiger partial charge in [0.15, 0.2) is 11.6 Å². The zero-order valence-electron chi connectivity index (χ0n) is 16.4. The number of aromatic amines is 1. The third-order valence-corrected chi connectivity index (χ3v) is 6.09. The molecule has 0 radical (unpaired) electrons. The highest BCUT2D eigenvalue weighted by atomic mass is 35.5. The molecule has 2 aliphatic rings. The first-order valence-corrected chi connectivity index (χ1v) is 10.2. The van der Waals surface area contributed by atoms with E-state index in [1.54, 1.807) is 0 Å². The predicted molar refractivity (Wildman–Crippen MR) is 116 cm³/mol. The van der Waals surface area contributed by atoms with Crippen LogP contribution < -0.4 is 5.32 Å². The molecular formula is C24H22ClN3O. The smallest absolute Gasteiger partial charge is 0.162 e. The number of carbonyl (C=O) groups is 1. The first-order valence-electron chi connectivity index (χ1n) is 9.85. The topological polar surface area (TPSA) is 57.8 Å². The molecule has 2 N–H and O–H groups in total. The fraction of sp³-hybridized carbons (Fsp3) is 0.250. The van der Waals surface area contributed by atoms with E-state index < -0.39 is 0 Å². The lowest BCUT2D eigenvalue weighted by atomic mass is 9.69. The van der Waals surface area contributed by atoms with E-state index >= 15 is 0 Å². The lowest BCUT2D eigenvalue weighted by Gasteiger charge is -2.38. The molecule has 0 saturated carbocycles.